The molecule has 1 aromatic carbocycles. The van der Waals surface area contributed by atoms with Crippen LogP contribution in [0, 0.1) is 5.82 Å². The number of hydrogen-bond acceptors (Lipinski definition) is 4. The number of nitrogens with zero attached hydrogens (tertiary/aromatic N) is 1. The Balaban J connectivity index is 2.57. The average molecular weight is 236 g/mol. The molecule has 6 heteroatoms. The van der Waals surface area contributed by atoms with E-state index in [0.29, 0.717) is 4.90 Å². The van der Waals surface area contributed by atoms with Gasteiger partial charge < -0.3 is 9.90 Å². The monoisotopic (exact) mass is 236 g/mol. The van der Waals surface area contributed by atoms with Crippen LogP contribution >= 0.6 is 0 Å². The Morgan fingerprint density at radius 2 is 1.82 bits per heavy atom. The molecule has 2 rings (SSSR count). The van der Waals surface area contributed by atoms with E-state index in [0.717, 1.165) is 18.2 Å². The van der Waals surface area contributed by atoms with E-state index in [1.54, 1.807) is 0 Å². The summed E-state index contributed by atoms with van der Waals surface area (Å²) < 4.78 is 13.1. The molecule has 1 saturated heterocycles. The molecule has 0 atom stereocenters. The molecule has 1 aromatic rings. The van der Waals surface area contributed by atoms with E-state index in [-0.39, 0.29) is 24.1 Å². The molecular weight excluding hydrogens is 229 g/mol. The van der Waals surface area contributed by atoms with Gasteiger partial charge in [0.1, 0.15) is 5.82 Å². The molecule has 0 saturated carbocycles. The maximum atomic E-state index is 13.1. The summed E-state index contributed by atoms with van der Waals surface area (Å²) in [6.45, 7) is 0. The summed E-state index contributed by atoms with van der Waals surface area (Å²) in [6.07, 6.45) is 0.00364. The number of amides is 2. The van der Waals surface area contributed by atoms with E-state index in [1.165, 1.54) is 0 Å². The summed E-state index contributed by atoms with van der Waals surface area (Å²) in [5.41, 5.74) is -0.646. The van der Waals surface area contributed by atoms with E-state index in [4.69, 9.17) is 0 Å². The fraction of sp³-hybridized carbons (Fsp3) is 0.182. The molecule has 0 N–H and O–H groups in total. The number of carbonyl (C=O) groups is 3. The van der Waals surface area contributed by atoms with Crippen LogP contribution in [0.5, 0.6) is 0 Å². The van der Waals surface area contributed by atoms with Crippen molar-refractivity contribution in [2.45, 2.75) is 12.8 Å². The Kier molecular flexibility index (Phi) is 2.63. The molecule has 17 heavy (non-hydrogen) atoms. The Bertz CT molecular complexity index is 510. The van der Waals surface area contributed by atoms with E-state index in [2.05, 4.69) is 0 Å². The van der Waals surface area contributed by atoms with Crippen molar-refractivity contribution in [1.29, 1.82) is 0 Å². The Morgan fingerprint density at radius 1 is 1.24 bits per heavy atom. The lowest BCUT2D eigenvalue weighted by molar-refractivity contribution is -0.254. The van der Waals surface area contributed by atoms with Gasteiger partial charge in [0.25, 0.3) is 0 Å². The zero-order valence-electron chi connectivity index (χ0n) is 8.60. The van der Waals surface area contributed by atoms with E-state index in [1.807, 2.05) is 0 Å². The molecule has 88 valence electrons. The van der Waals surface area contributed by atoms with Crippen LogP contribution in [0.2, 0.25) is 0 Å². The summed E-state index contributed by atoms with van der Waals surface area (Å²) in [6, 6.07) is 2.74. The van der Waals surface area contributed by atoms with Crippen LogP contribution in [0.4, 0.5) is 10.1 Å². The molecule has 1 aliphatic heterocycles. The van der Waals surface area contributed by atoms with Gasteiger partial charge in [-0.05, 0) is 18.2 Å². The fourth-order valence-corrected chi connectivity index (χ4v) is 1.71. The number of carboxylic acids is 1. The lowest BCUT2D eigenvalue weighted by Crippen LogP contribution is -2.32. The van der Waals surface area contributed by atoms with E-state index >= 15 is 0 Å². The number of benzene rings is 1. The van der Waals surface area contributed by atoms with E-state index in [9.17, 15) is 23.9 Å². The summed E-state index contributed by atoms with van der Waals surface area (Å²) in [5, 5.41) is 10.8. The molecule has 0 aliphatic carbocycles. The largest absolute Gasteiger partial charge is 0.545 e. The summed E-state index contributed by atoms with van der Waals surface area (Å²) in [4.78, 5) is 34.4. The SMILES string of the molecule is O=C([O-])c1ccc(F)cc1N1C(=O)CCC1=O. The molecule has 2 amide bonds. The van der Waals surface area contributed by atoms with Crippen LogP contribution in [0.15, 0.2) is 18.2 Å². The molecular formula is C11H7FNO4-. The Morgan fingerprint density at radius 3 is 2.35 bits per heavy atom. The highest BCUT2D eigenvalue weighted by Crippen LogP contribution is 2.26. The highest BCUT2D eigenvalue weighted by Gasteiger charge is 2.32. The van der Waals surface area contributed by atoms with Crippen molar-refractivity contribution >= 4 is 23.5 Å². The maximum absolute atomic E-state index is 13.1. The molecule has 1 fully saturated rings. The van der Waals surface area contributed by atoms with Crippen LogP contribution in [-0.4, -0.2) is 17.8 Å². The third kappa shape index (κ3) is 1.89. The quantitative estimate of drug-likeness (QED) is 0.668. The predicted octanol–water partition coefficient (Wildman–Crippen LogP) is -0.157. The number of carbonyl (C=O) groups excluding carboxylic acids is 3. The zero-order valence-corrected chi connectivity index (χ0v) is 8.60. The molecule has 0 radical (unpaired) electrons. The second kappa shape index (κ2) is 3.97. The van der Waals surface area contributed by atoms with Crippen molar-refractivity contribution in [2.24, 2.45) is 0 Å². The average Bonchev–Trinajstić information content (AvgIpc) is 2.58. The molecule has 0 aromatic heterocycles. The first-order valence-corrected chi connectivity index (χ1v) is 4.87. The van der Waals surface area contributed by atoms with Crippen molar-refractivity contribution in [3.05, 3.63) is 29.6 Å². The number of anilines is 1. The van der Waals surface area contributed by atoms with Gasteiger partial charge in [0.15, 0.2) is 0 Å². The van der Waals surface area contributed by atoms with Crippen molar-refractivity contribution < 1.29 is 23.9 Å². The Hall–Kier alpha value is -2.24. The minimum absolute atomic E-state index is 0.00182. The number of aromatic carboxylic acids is 1. The molecule has 5 nitrogen and oxygen atoms in total. The molecule has 0 bridgehead atoms. The lowest BCUT2D eigenvalue weighted by Gasteiger charge is -2.18. The van der Waals surface area contributed by atoms with Crippen LogP contribution in [0.25, 0.3) is 0 Å². The number of halogens is 1. The predicted molar refractivity (Wildman–Crippen MR) is 52.5 cm³/mol. The third-order valence-corrected chi connectivity index (χ3v) is 2.47. The first-order valence-electron chi connectivity index (χ1n) is 4.87. The maximum Gasteiger partial charge on any atom is 0.234 e. The molecule has 1 heterocycles. The van der Waals surface area contributed by atoms with Gasteiger partial charge in [0.05, 0.1) is 11.7 Å². The zero-order chi connectivity index (χ0) is 12.6. The number of rotatable bonds is 2. The van der Waals surface area contributed by atoms with Crippen LogP contribution in [0.1, 0.15) is 23.2 Å². The van der Waals surface area contributed by atoms with Gasteiger partial charge in [-0.25, -0.2) is 9.29 Å². The van der Waals surface area contributed by atoms with Crippen LogP contribution in [0.3, 0.4) is 0 Å². The fourth-order valence-electron chi connectivity index (χ4n) is 1.71. The van der Waals surface area contributed by atoms with Gasteiger partial charge in [0, 0.05) is 18.4 Å². The first kappa shape index (κ1) is 11.3. The van der Waals surface area contributed by atoms with Crippen molar-refractivity contribution in [3.8, 4) is 0 Å². The minimum Gasteiger partial charge on any atom is -0.545 e. The molecule has 0 unspecified atom stereocenters. The smallest absolute Gasteiger partial charge is 0.234 e. The number of carboxylic acid groups (broad SMARTS) is 1. The van der Waals surface area contributed by atoms with E-state index < -0.39 is 23.6 Å². The van der Waals surface area contributed by atoms with Gasteiger partial charge in [-0.3, -0.25) is 9.59 Å². The molecule has 0 spiro atoms. The second-order valence-corrected chi connectivity index (χ2v) is 3.57. The normalized spacial score (nSPS) is 15.5. The summed E-state index contributed by atoms with van der Waals surface area (Å²) in [5.74, 6) is -3.36. The van der Waals surface area contributed by atoms with Crippen molar-refractivity contribution in [3.63, 3.8) is 0 Å². The van der Waals surface area contributed by atoms with Crippen LogP contribution < -0.4 is 10.0 Å². The second-order valence-electron chi connectivity index (χ2n) is 3.57. The highest BCUT2D eigenvalue weighted by molar-refractivity contribution is 6.21. The summed E-state index contributed by atoms with van der Waals surface area (Å²) in [7, 11) is 0. The minimum atomic E-state index is -1.56. The number of imide groups is 1. The van der Waals surface area contributed by atoms with Gasteiger partial charge in [-0.2, -0.15) is 0 Å². The van der Waals surface area contributed by atoms with Crippen molar-refractivity contribution in [1.82, 2.24) is 0 Å². The lowest BCUT2D eigenvalue weighted by atomic mass is 10.1. The topological polar surface area (TPSA) is 77.5 Å². The first-order chi connectivity index (χ1) is 8.00. The van der Waals surface area contributed by atoms with Gasteiger partial charge in [0.2, 0.25) is 11.8 Å². The Labute approximate surface area is 95.5 Å². The van der Waals surface area contributed by atoms with Gasteiger partial charge in [-0.15, -0.1) is 0 Å². The number of hydrogen-bond donors (Lipinski definition) is 0. The summed E-state index contributed by atoms with van der Waals surface area (Å²) >= 11 is 0. The molecule has 1 aliphatic rings. The third-order valence-electron chi connectivity index (χ3n) is 2.47. The highest BCUT2D eigenvalue weighted by atomic mass is 19.1. The van der Waals surface area contributed by atoms with Crippen molar-refractivity contribution in [2.75, 3.05) is 4.90 Å². The van der Waals surface area contributed by atoms with Gasteiger partial charge in [-0.1, -0.05) is 0 Å². The van der Waals surface area contributed by atoms with Gasteiger partial charge >= 0.3 is 0 Å². The standard InChI is InChI=1S/C11H8FNO4/c12-6-1-2-7(11(16)17)8(5-6)13-9(14)3-4-10(13)15/h1-2,5H,3-4H2,(H,16,17)/p-1. The van der Waals surface area contributed by atoms with Crippen LogP contribution in [-0.2, 0) is 9.59 Å².